The number of nitrogens with zero attached hydrogens (tertiary/aromatic N) is 3. The van der Waals surface area contributed by atoms with E-state index in [0.717, 1.165) is 22.3 Å². The van der Waals surface area contributed by atoms with Gasteiger partial charge in [0, 0.05) is 24.5 Å². The van der Waals surface area contributed by atoms with Crippen LogP contribution in [-0.4, -0.2) is 68.0 Å². The molecule has 1 amide bonds. The lowest BCUT2D eigenvalue weighted by Gasteiger charge is -2.26. The van der Waals surface area contributed by atoms with Crippen LogP contribution >= 0.6 is 6.72 Å². The van der Waals surface area contributed by atoms with Crippen LogP contribution in [0.1, 0.15) is 22.4 Å². The second-order valence-corrected chi connectivity index (χ2v) is 9.29. The molecule has 5 atom stereocenters. The molecule has 0 radical (unpaired) electrons. The molecule has 1 aromatic heterocycles. The molecule has 1 aromatic carbocycles. The maximum absolute atomic E-state index is 10.8. The van der Waals surface area contributed by atoms with Gasteiger partial charge in [0.1, 0.15) is 30.4 Å². The predicted molar refractivity (Wildman–Crippen MR) is 105 cm³/mol. The fraction of sp³-hybridized carbons (Fsp3) is 0.438. The van der Waals surface area contributed by atoms with Gasteiger partial charge in [-0.25, -0.2) is 9.67 Å². The molecular weight excluding hydrogens is 439 g/mol. The molecule has 4 rings (SSSR count). The molecule has 30 heavy (non-hydrogen) atoms. The lowest BCUT2D eigenvalue weighted by Crippen LogP contribution is -2.33. The van der Waals surface area contributed by atoms with Gasteiger partial charge in [-0.15, -0.1) is 5.10 Å². The van der Waals surface area contributed by atoms with E-state index in [1.54, 1.807) is 0 Å². The Labute approximate surface area is 176 Å². The zero-order valence-electron chi connectivity index (χ0n) is 15.8. The lowest BCUT2D eigenvalue weighted by molar-refractivity contribution is -0.0588. The van der Waals surface area contributed by atoms with Gasteiger partial charge in [-0.2, -0.15) is 0 Å². The summed E-state index contributed by atoms with van der Waals surface area (Å²) in [5, 5.41) is 31.8. The summed E-state index contributed by atoms with van der Waals surface area (Å²) in [6.07, 6.45) is -3.26. The number of aromatic nitrogens is 3. The highest BCUT2D eigenvalue weighted by Crippen LogP contribution is 2.53. The molecule has 164 valence electrons. The van der Waals surface area contributed by atoms with Crippen molar-refractivity contribution in [2.24, 2.45) is 5.73 Å². The molecule has 5 N–H and O–H groups in total. The molecule has 1 fully saturated rings. The number of nitrogens with two attached hydrogens (primary N) is 1. The lowest BCUT2D eigenvalue weighted by atomic mass is 10.1. The SMILES string of the molecule is COP1(=S)OCc2ccccc2O1.NC(=O)c1ncn([C@@H]2O[C@H](CO)[C@@H](O)[C@H]2O)n1. The number of carbonyl (C=O) groups excluding carboxylic acids is 1. The molecule has 2 aromatic rings. The number of fused-ring (bicyclic) bond motifs is 1. The summed E-state index contributed by atoms with van der Waals surface area (Å²) in [7, 11) is 1.51. The van der Waals surface area contributed by atoms with Crippen molar-refractivity contribution < 1.29 is 38.4 Å². The van der Waals surface area contributed by atoms with Crippen LogP contribution in [-0.2, 0) is 32.2 Å². The molecule has 0 spiro atoms. The van der Waals surface area contributed by atoms with Crippen molar-refractivity contribution in [1.82, 2.24) is 14.8 Å². The number of aliphatic hydroxyl groups excluding tert-OH is 3. The summed E-state index contributed by atoms with van der Waals surface area (Å²) >= 11 is 5.08. The third-order valence-corrected chi connectivity index (χ3v) is 6.59. The van der Waals surface area contributed by atoms with Gasteiger partial charge in [-0.3, -0.25) is 9.32 Å². The van der Waals surface area contributed by atoms with Crippen LogP contribution in [0.3, 0.4) is 0 Å². The third kappa shape index (κ3) is 4.85. The summed E-state index contributed by atoms with van der Waals surface area (Å²) in [4.78, 5) is 14.4. The standard InChI is InChI=1S/C8H12N4O5.C8H9O3PS/c9-6(16)7-10-2-12(11-7)8-5(15)4(14)3(1-13)17-8;1-9-12(13)10-6-7-4-2-3-5-8(7)11-12/h2-5,8,13-15H,1H2,(H2,9,16);2-5H,6H2,1H3/t3-,4-,5-,8-;/m1./s1. The van der Waals surface area contributed by atoms with Crippen molar-refractivity contribution in [3.05, 3.63) is 42.0 Å². The number of aliphatic hydroxyl groups is 3. The highest BCUT2D eigenvalue weighted by Gasteiger charge is 2.44. The van der Waals surface area contributed by atoms with E-state index >= 15 is 0 Å². The predicted octanol–water partition coefficient (Wildman–Crippen LogP) is -0.545. The van der Waals surface area contributed by atoms with Crippen LogP contribution in [0.4, 0.5) is 0 Å². The minimum absolute atomic E-state index is 0.220. The van der Waals surface area contributed by atoms with Crippen molar-refractivity contribution in [2.45, 2.75) is 31.1 Å². The van der Waals surface area contributed by atoms with E-state index in [4.69, 9.17) is 41.0 Å². The number of carbonyl (C=O) groups is 1. The van der Waals surface area contributed by atoms with Crippen molar-refractivity contribution >= 4 is 24.4 Å². The van der Waals surface area contributed by atoms with E-state index in [2.05, 4.69) is 10.1 Å². The van der Waals surface area contributed by atoms with Gasteiger partial charge in [0.15, 0.2) is 6.23 Å². The smallest absolute Gasteiger partial charge is 0.380 e. The highest BCUT2D eigenvalue weighted by atomic mass is 32.5. The van der Waals surface area contributed by atoms with E-state index in [0.29, 0.717) is 6.61 Å². The number of ether oxygens (including phenoxy) is 1. The first-order valence-corrected chi connectivity index (χ1v) is 11.2. The molecule has 0 bridgehead atoms. The van der Waals surface area contributed by atoms with E-state index < -0.39 is 43.8 Å². The molecule has 3 heterocycles. The van der Waals surface area contributed by atoms with Crippen LogP contribution in [0.5, 0.6) is 5.75 Å². The summed E-state index contributed by atoms with van der Waals surface area (Å²) in [6, 6.07) is 7.66. The molecule has 1 unspecified atom stereocenters. The number of hydrogen-bond donors (Lipinski definition) is 4. The number of amides is 1. The minimum atomic E-state index is -2.49. The molecule has 2 aliphatic rings. The van der Waals surface area contributed by atoms with Crippen molar-refractivity contribution in [2.75, 3.05) is 13.7 Å². The Morgan fingerprint density at radius 3 is 2.73 bits per heavy atom. The molecule has 0 saturated carbocycles. The molecule has 12 nitrogen and oxygen atoms in total. The number of benzene rings is 1. The molecule has 0 aliphatic carbocycles. The molecule has 1 saturated heterocycles. The van der Waals surface area contributed by atoms with Gasteiger partial charge in [0.05, 0.1) is 13.2 Å². The summed E-state index contributed by atoms with van der Waals surface area (Å²) in [5.41, 5.74) is 5.99. The quantitative estimate of drug-likeness (QED) is 0.432. The summed E-state index contributed by atoms with van der Waals surface area (Å²) < 4.78 is 22.0. The van der Waals surface area contributed by atoms with Gasteiger partial charge in [0.2, 0.25) is 5.82 Å². The first-order chi connectivity index (χ1) is 14.3. The van der Waals surface area contributed by atoms with Crippen LogP contribution in [0, 0.1) is 0 Å². The highest BCUT2D eigenvalue weighted by molar-refractivity contribution is 8.07. The first kappa shape index (κ1) is 22.7. The second-order valence-electron chi connectivity index (χ2n) is 6.24. The Morgan fingerprint density at radius 1 is 1.40 bits per heavy atom. The van der Waals surface area contributed by atoms with Crippen molar-refractivity contribution in [1.29, 1.82) is 0 Å². The van der Waals surface area contributed by atoms with Gasteiger partial charge in [0.25, 0.3) is 5.91 Å². The Bertz CT molecular complexity index is 943. The van der Waals surface area contributed by atoms with E-state index in [1.807, 2.05) is 24.3 Å². The monoisotopic (exact) mass is 460 g/mol. The van der Waals surface area contributed by atoms with E-state index in [-0.39, 0.29) is 5.82 Å². The molecule has 2 aliphatic heterocycles. The topological polar surface area (TPSA) is 171 Å². The fourth-order valence-corrected chi connectivity index (χ4v) is 4.05. The molecular formula is C16H21N4O8PS. The largest absolute Gasteiger partial charge is 0.424 e. The fourth-order valence-electron chi connectivity index (χ4n) is 2.71. The van der Waals surface area contributed by atoms with Crippen molar-refractivity contribution in [3.8, 4) is 5.75 Å². The zero-order chi connectivity index (χ0) is 21.9. The molecule has 14 heteroatoms. The maximum atomic E-state index is 10.8. The third-order valence-electron chi connectivity index (χ3n) is 4.29. The summed E-state index contributed by atoms with van der Waals surface area (Å²) in [5.74, 6) is -0.253. The number of primary amides is 1. The van der Waals surface area contributed by atoms with Crippen molar-refractivity contribution in [3.63, 3.8) is 0 Å². The van der Waals surface area contributed by atoms with E-state index in [1.165, 1.54) is 7.11 Å². The average molecular weight is 460 g/mol. The summed E-state index contributed by atoms with van der Waals surface area (Å²) in [6.45, 7) is -2.46. The zero-order valence-corrected chi connectivity index (χ0v) is 17.5. The number of hydrogen-bond acceptors (Lipinski definition) is 11. The minimum Gasteiger partial charge on any atom is -0.424 e. The normalized spacial score (nSPS) is 30.0. The van der Waals surface area contributed by atoms with Gasteiger partial charge in [-0.05, 0) is 6.07 Å². The van der Waals surface area contributed by atoms with Crippen LogP contribution in [0.25, 0.3) is 0 Å². The average Bonchev–Trinajstić information content (AvgIpc) is 3.34. The van der Waals surface area contributed by atoms with Crippen LogP contribution in [0.15, 0.2) is 30.6 Å². The van der Waals surface area contributed by atoms with Crippen LogP contribution in [0.2, 0.25) is 0 Å². The Balaban J connectivity index is 0.000000177. The van der Waals surface area contributed by atoms with Crippen LogP contribution < -0.4 is 10.3 Å². The van der Waals surface area contributed by atoms with E-state index in [9.17, 15) is 15.0 Å². The maximum Gasteiger partial charge on any atom is 0.380 e. The Kier molecular flexibility index (Phi) is 7.16. The Morgan fingerprint density at radius 2 is 2.13 bits per heavy atom. The number of para-hydroxylation sites is 1. The second kappa shape index (κ2) is 9.45. The first-order valence-electron chi connectivity index (χ1n) is 8.69. The Hall–Kier alpha value is -1.96. The van der Waals surface area contributed by atoms with Gasteiger partial charge in [-0.1, -0.05) is 18.2 Å². The van der Waals surface area contributed by atoms with Gasteiger partial charge < -0.3 is 34.8 Å². The number of rotatable bonds is 4. The van der Waals surface area contributed by atoms with Gasteiger partial charge >= 0.3 is 6.72 Å².